The van der Waals surface area contributed by atoms with Crippen LogP contribution < -0.4 is 0 Å². The third kappa shape index (κ3) is 1.82. The van der Waals surface area contributed by atoms with Crippen molar-refractivity contribution in [2.45, 2.75) is 26.7 Å². The first-order valence-corrected chi connectivity index (χ1v) is 5.49. The summed E-state index contributed by atoms with van der Waals surface area (Å²) in [5.41, 5.74) is 2.37. The Balaban J connectivity index is 2.66. The second-order valence-electron chi connectivity index (χ2n) is 3.87. The lowest BCUT2D eigenvalue weighted by molar-refractivity contribution is 0.470. The first-order valence-electron chi connectivity index (χ1n) is 5.49. The van der Waals surface area contributed by atoms with Gasteiger partial charge in [-0.05, 0) is 46.9 Å². The zero-order valence-corrected chi connectivity index (χ0v) is 9.25. The standard InChI is InChI=1S/C14H16O/c1-3-10-5-6-12-9-14(15)11(4-2)8-13(12)7-10/h5-9,15H,3-4H2,1-2H3. The summed E-state index contributed by atoms with van der Waals surface area (Å²) in [6.45, 7) is 4.22. The maximum absolute atomic E-state index is 9.74. The van der Waals surface area contributed by atoms with Gasteiger partial charge in [-0.15, -0.1) is 0 Å². The SMILES string of the molecule is CCc1ccc2cc(O)c(CC)cc2c1. The Hall–Kier alpha value is -1.50. The van der Waals surface area contributed by atoms with E-state index in [0.29, 0.717) is 5.75 Å². The fraction of sp³-hybridized carbons (Fsp3) is 0.286. The largest absolute Gasteiger partial charge is 0.508 e. The molecule has 1 nitrogen and oxygen atoms in total. The molecule has 15 heavy (non-hydrogen) atoms. The number of aryl methyl sites for hydroxylation is 2. The molecule has 0 aliphatic heterocycles. The number of hydrogen-bond acceptors (Lipinski definition) is 1. The molecule has 0 saturated carbocycles. The lowest BCUT2D eigenvalue weighted by atomic mass is 10.0. The zero-order chi connectivity index (χ0) is 10.8. The van der Waals surface area contributed by atoms with Crippen molar-refractivity contribution >= 4 is 10.8 Å². The first kappa shape index (κ1) is 10.0. The number of fused-ring (bicyclic) bond motifs is 1. The minimum Gasteiger partial charge on any atom is -0.508 e. The lowest BCUT2D eigenvalue weighted by Crippen LogP contribution is -1.85. The van der Waals surface area contributed by atoms with Crippen molar-refractivity contribution < 1.29 is 5.11 Å². The molecule has 0 bridgehead atoms. The van der Waals surface area contributed by atoms with Crippen molar-refractivity contribution in [3.05, 3.63) is 41.5 Å². The fourth-order valence-electron chi connectivity index (χ4n) is 1.89. The van der Waals surface area contributed by atoms with Crippen molar-refractivity contribution in [3.63, 3.8) is 0 Å². The molecular weight excluding hydrogens is 184 g/mol. The second-order valence-corrected chi connectivity index (χ2v) is 3.87. The number of benzene rings is 2. The summed E-state index contributed by atoms with van der Waals surface area (Å²) in [5.74, 6) is 0.411. The Labute approximate surface area is 90.4 Å². The van der Waals surface area contributed by atoms with Crippen LogP contribution in [0.25, 0.3) is 10.8 Å². The van der Waals surface area contributed by atoms with Gasteiger partial charge in [-0.25, -0.2) is 0 Å². The molecule has 0 spiro atoms. The van der Waals surface area contributed by atoms with Gasteiger partial charge in [0.1, 0.15) is 5.75 Å². The van der Waals surface area contributed by atoms with Crippen molar-refractivity contribution in [1.29, 1.82) is 0 Å². The third-order valence-corrected chi connectivity index (χ3v) is 2.89. The summed E-state index contributed by atoms with van der Waals surface area (Å²) in [7, 11) is 0. The van der Waals surface area contributed by atoms with Crippen LogP contribution in [0.3, 0.4) is 0 Å². The molecule has 0 amide bonds. The highest BCUT2D eigenvalue weighted by molar-refractivity contribution is 5.85. The average molecular weight is 200 g/mol. The van der Waals surface area contributed by atoms with E-state index in [-0.39, 0.29) is 0 Å². The van der Waals surface area contributed by atoms with Crippen molar-refractivity contribution in [2.75, 3.05) is 0 Å². The average Bonchev–Trinajstić information content (AvgIpc) is 2.27. The maximum atomic E-state index is 9.74. The van der Waals surface area contributed by atoms with Gasteiger partial charge in [-0.2, -0.15) is 0 Å². The van der Waals surface area contributed by atoms with E-state index in [1.54, 1.807) is 0 Å². The molecule has 1 N–H and O–H groups in total. The quantitative estimate of drug-likeness (QED) is 0.784. The molecule has 2 aromatic rings. The third-order valence-electron chi connectivity index (χ3n) is 2.89. The van der Waals surface area contributed by atoms with Crippen LogP contribution in [0.1, 0.15) is 25.0 Å². The van der Waals surface area contributed by atoms with Crippen LogP contribution in [0.15, 0.2) is 30.3 Å². The van der Waals surface area contributed by atoms with Crippen LogP contribution in [0.2, 0.25) is 0 Å². The van der Waals surface area contributed by atoms with Gasteiger partial charge >= 0.3 is 0 Å². The monoisotopic (exact) mass is 200 g/mol. The van der Waals surface area contributed by atoms with Gasteiger partial charge in [-0.1, -0.05) is 32.0 Å². The summed E-state index contributed by atoms with van der Waals surface area (Å²) in [4.78, 5) is 0. The van der Waals surface area contributed by atoms with E-state index in [9.17, 15) is 5.11 Å². The van der Waals surface area contributed by atoms with Crippen LogP contribution in [0, 0.1) is 0 Å². The van der Waals surface area contributed by atoms with Gasteiger partial charge in [0, 0.05) is 0 Å². The number of phenols is 1. The molecule has 0 fully saturated rings. The fourth-order valence-corrected chi connectivity index (χ4v) is 1.89. The van der Waals surface area contributed by atoms with Crippen LogP contribution in [0.4, 0.5) is 0 Å². The Morgan fingerprint density at radius 1 is 0.933 bits per heavy atom. The Bertz CT molecular complexity index is 486. The molecular formula is C14H16O. The lowest BCUT2D eigenvalue weighted by Gasteiger charge is -2.06. The number of rotatable bonds is 2. The van der Waals surface area contributed by atoms with E-state index < -0.39 is 0 Å². The predicted molar refractivity (Wildman–Crippen MR) is 64.4 cm³/mol. The van der Waals surface area contributed by atoms with Crippen molar-refractivity contribution in [1.82, 2.24) is 0 Å². The van der Waals surface area contributed by atoms with E-state index in [1.807, 2.05) is 6.07 Å². The highest BCUT2D eigenvalue weighted by Gasteiger charge is 2.02. The summed E-state index contributed by atoms with van der Waals surface area (Å²) in [6.07, 6.45) is 1.93. The Morgan fingerprint density at radius 2 is 1.73 bits per heavy atom. The van der Waals surface area contributed by atoms with Crippen LogP contribution in [-0.4, -0.2) is 5.11 Å². The molecule has 2 aromatic carbocycles. The highest BCUT2D eigenvalue weighted by atomic mass is 16.3. The van der Waals surface area contributed by atoms with Crippen LogP contribution in [-0.2, 0) is 12.8 Å². The Morgan fingerprint density at radius 3 is 2.40 bits per heavy atom. The topological polar surface area (TPSA) is 20.2 Å². The molecule has 0 saturated heterocycles. The van der Waals surface area contributed by atoms with Gasteiger partial charge in [0.15, 0.2) is 0 Å². The van der Waals surface area contributed by atoms with Gasteiger partial charge < -0.3 is 5.11 Å². The summed E-state index contributed by atoms with van der Waals surface area (Å²) < 4.78 is 0. The maximum Gasteiger partial charge on any atom is 0.119 e. The molecule has 2 rings (SSSR count). The normalized spacial score (nSPS) is 10.8. The smallest absolute Gasteiger partial charge is 0.119 e. The molecule has 0 aliphatic carbocycles. The molecule has 78 valence electrons. The predicted octanol–water partition coefficient (Wildman–Crippen LogP) is 3.67. The zero-order valence-electron chi connectivity index (χ0n) is 9.25. The minimum atomic E-state index is 0.411. The molecule has 0 aromatic heterocycles. The van der Waals surface area contributed by atoms with E-state index >= 15 is 0 Å². The summed E-state index contributed by atoms with van der Waals surface area (Å²) in [6, 6.07) is 10.3. The van der Waals surface area contributed by atoms with E-state index in [1.165, 1.54) is 10.9 Å². The van der Waals surface area contributed by atoms with Crippen LogP contribution in [0.5, 0.6) is 5.75 Å². The number of hydrogen-bond donors (Lipinski definition) is 1. The number of phenolic OH excluding ortho intramolecular Hbond substituents is 1. The first-order chi connectivity index (χ1) is 7.24. The minimum absolute atomic E-state index is 0.411. The molecule has 0 aliphatic rings. The van der Waals surface area contributed by atoms with Gasteiger partial charge in [0.25, 0.3) is 0 Å². The molecule has 1 heteroatoms. The van der Waals surface area contributed by atoms with E-state index in [4.69, 9.17) is 0 Å². The molecule has 0 atom stereocenters. The summed E-state index contributed by atoms with van der Waals surface area (Å²) in [5, 5.41) is 12.1. The Kier molecular flexibility index (Phi) is 2.63. The molecule has 0 heterocycles. The summed E-state index contributed by atoms with van der Waals surface area (Å²) >= 11 is 0. The van der Waals surface area contributed by atoms with Crippen molar-refractivity contribution in [2.24, 2.45) is 0 Å². The van der Waals surface area contributed by atoms with Gasteiger partial charge in [-0.3, -0.25) is 0 Å². The highest BCUT2D eigenvalue weighted by Crippen LogP contribution is 2.26. The van der Waals surface area contributed by atoms with Gasteiger partial charge in [0.2, 0.25) is 0 Å². The molecule has 0 radical (unpaired) electrons. The van der Waals surface area contributed by atoms with E-state index in [0.717, 1.165) is 23.8 Å². The van der Waals surface area contributed by atoms with Crippen LogP contribution >= 0.6 is 0 Å². The van der Waals surface area contributed by atoms with Gasteiger partial charge in [0.05, 0.1) is 0 Å². The molecule has 0 unspecified atom stereocenters. The number of aromatic hydroxyl groups is 1. The second kappa shape index (κ2) is 3.93. The van der Waals surface area contributed by atoms with E-state index in [2.05, 4.69) is 38.1 Å². The van der Waals surface area contributed by atoms with Crippen molar-refractivity contribution in [3.8, 4) is 5.75 Å².